The maximum atomic E-state index is 12.8. The van der Waals surface area contributed by atoms with Gasteiger partial charge in [0.05, 0.1) is 60.6 Å². The van der Waals surface area contributed by atoms with Crippen LogP contribution in [0.4, 0.5) is 11.4 Å². The second kappa shape index (κ2) is 12.6. The summed E-state index contributed by atoms with van der Waals surface area (Å²) in [5.41, 5.74) is 3.23. The van der Waals surface area contributed by atoms with E-state index >= 15 is 0 Å². The summed E-state index contributed by atoms with van der Waals surface area (Å²) in [6.45, 7) is 0.430. The quantitative estimate of drug-likeness (QED) is 0.419. The van der Waals surface area contributed by atoms with Crippen molar-refractivity contribution < 1.29 is 28.9 Å². The lowest BCUT2D eigenvalue weighted by molar-refractivity contribution is 0.0777. The van der Waals surface area contributed by atoms with Gasteiger partial charge in [-0.1, -0.05) is 30.3 Å². The number of nitrogens with zero attached hydrogens (tertiary/aromatic N) is 4. The SMILES string of the molecule is COc1cc2c(cc1O)N=C[C@@H]1CSCN1C2=O.COc1cc2c(cc1OCc1ccccc1)N=C[C@@H]1CSCN1C2=O. The monoisotopic (exact) mass is 618 g/mol. The Bertz CT molecular complexity index is 1600. The molecule has 2 amide bonds. The number of carbonyl (C=O) groups excluding carboxylic acids is 2. The molecule has 1 N–H and O–H groups in total. The number of carbonyl (C=O) groups is 2. The second-order valence-corrected chi connectivity index (χ2v) is 12.1. The molecule has 3 aromatic rings. The molecular formula is C31H30N4O6S2. The molecule has 7 rings (SSSR count). The summed E-state index contributed by atoms with van der Waals surface area (Å²) in [5, 5.41) is 9.72. The van der Waals surface area contributed by atoms with Gasteiger partial charge in [-0.25, -0.2) is 0 Å². The Labute approximate surface area is 257 Å². The lowest BCUT2D eigenvalue weighted by Gasteiger charge is -2.19. The Balaban J connectivity index is 0.000000162. The Morgan fingerprint density at radius 2 is 1.35 bits per heavy atom. The number of hydrogen-bond donors (Lipinski definition) is 1. The number of amides is 2. The molecule has 0 aliphatic carbocycles. The largest absolute Gasteiger partial charge is 0.504 e. The van der Waals surface area contributed by atoms with E-state index in [-0.39, 0.29) is 29.6 Å². The first kappa shape index (κ1) is 28.9. The van der Waals surface area contributed by atoms with Gasteiger partial charge in [-0.05, 0) is 17.7 Å². The van der Waals surface area contributed by atoms with Crippen LogP contribution in [0.25, 0.3) is 0 Å². The molecule has 2 fully saturated rings. The van der Waals surface area contributed by atoms with E-state index in [0.29, 0.717) is 58.1 Å². The molecule has 0 unspecified atom stereocenters. The van der Waals surface area contributed by atoms with E-state index in [1.807, 2.05) is 41.4 Å². The molecule has 4 heterocycles. The standard InChI is InChI=1S/C19H18N2O3S.C12H12N2O3S/c1-23-17-7-15-16(20-9-14-11-25-12-21(14)19(15)22)8-18(17)24-10-13-5-3-2-4-6-13;1-17-11-2-8-9(3-10(11)15)13-4-7-5-18-6-14(7)12(8)16/h2-9,14H,10-12H2,1H3;2-4,7,15H,5-6H2,1H3/t14-;7-/m11/s1. The number of phenols is 1. The molecule has 2 saturated heterocycles. The fraction of sp³-hybridized carbons (Fsp3) is 0.290. The number of thioether (sulfide) groups is 2. The number of aliphatic imine (C=N–C) groups is 2. The fourth-order valence-electron chi connectivity index (χ4n) is 5.06. The molecule has 0 bridgehead atoms. The molecule has 43 heavy (non-hydrogen) atoms. The minimum atomic E-state index is -0.0594. The van der Waals surface area contributed by atoms with Crippen LogP contribution >= 0.6 is 23.5 Å². The van der Waals surface area contributed by atoms with E-state index in [1.165, 1.54) is 13.2 Å². The highest BCUT2D eigenvalue weighted by molar-refractivity contribution is 7.99. The summed E-state index contributed by atoms with van der Waals surface area (Å²) in [6.07, 6.45) is 3.63. The zero-order valence-electron chi connectivity index (χ0n) is 23.6. The lowest BCUT2D eigenvalue weighted by atomic mass is 10.1. The first-order chi connectivity index (χ1) is 21.0. The highest BCUT2D eigenvalue weighted by atomic mass is 32.2. The van der Waals surface area contributed by atoms with Gasteiger partial charge in [0.2, 0.25) is 0 Å². The van der Waals surface area contributed by atoms with Gasteiger partial charge in [0.25, 0.3) is 11.8 Å². The summed E-state index contributed by atoms with van der Waals surface area (Å²) in [6, 6.07) is 16.6. The van der Waals surface area contributed by atoms with E-state index in [4.69, 9.17) is 14.2 Å². The Kier molecular flexibility index (Phi) is 8.48. The molecule has 0 aromatic heterocycles. The van der Waals surface area contributed by atoms with E-state index in [0.717, 1.165) is 17.1 Å². The van der Waals surface area contributed by atoms with Gasteiger partial charge in [-0.15, -0.1) is 23.5 Å². The average molecular weight is 619 g/mol. The first-order valence-corrected chi connectivity index (χ1v) is 15.9. The third-order valence-corrected chi connectivity index (χ3v) is 9.48. The van der Waals surface area contributed by atoms with Crippen molar-refractivity contribution in [1.82, 2.24) is 9.80 Å². The molecule has 2 atom stereocenters. The van der Waals surface area contributed by atoms with Crippen molar-refractivity contribution in [3.8, 4) is 23.0 Å². The molecule has 0 radical (unpaired) electrons. The van der Waals surface area contributed by atoms with Gasteiger partial charge in [0.15, 0.2) is 23.0 Å². The van der Waals surface area contributed by atoms with Gasteiger partial charge in [0, 0.05) is 36.1 Å². The highest BCUT2D eigenvalue weighted by Crippen LogP contribution is 2.39. The van der Waals surface area contributed by atoms with Crippen LogP contribution < -0.4 is 14.2 Å². The smallest absolute Gasteiger partial charge is 0.257 e. The number of aromatic hydroxyl groups is 1. The van der Waals surface area contributed by atoms with Crippen molar-refractivity contribution in [2.75, 3.05) is 37.5 Å². The fourth-order valence-corrected chi connectivity index (χ4v) is 7.29. The summed E-state index contributed by atoms with van der Waals surface area (Å²) in [5.74, 6) is 4.49. The molecule has 222 valence electrons. The molecule has 10 nitrogen and oxygen atoms in total. The first-order valence-electron chi connectivity index (χ1n) is 13.6. The number of methoxy groups -OCH3 is 2. The van der Waals surface area contributed by atoms with Crippen LogP contribution in [0, 0.1) is 0 Å². The van der Waals surface area contributed by atoms with Crippen LogP contribution in [0.2, 0.25) is 0 Å². The number of fused-ring (bicyclic) bond motifs is 4. The number of ether oxygens (including phenoxy) is 3. The Morgan fingerprint density at radius 3 is 1.93 bits per heavy atom. The number of rotatable bonds is 5. The topological polar surface area (TPSA) is 113 Å². The maximum Gasteiger partial charge on any atom is 0.257 e. The molecule has 0 saturated carbocycles. The highest BCUT2D eigenvalue weighted by Gasteiger charge is 2.34. The van der Waals surface area contributed by atoms with E-state index < -0.39 is 0 Å². The van der Waals surface area contributed by atoms with Crippen molar-refractivity contribution in [1.29, 1.82) is 0 Å². The molecule has 4 aliphatic heterocycles. The minimum Gasteiger partial charge on any atom is -0.504 e. The van der Waals surface area contributed by atoms with Crippen LogP contribution in [-0.4, -0.2) is 88.7 Å². The van der Waals surface area contributed by atoms with Gasteiger partial charge in [0.1, 0.15) is 6.61 Å². The number of phenolic OH excluding ortho intramolecular Hbond substituents is 1. The molecule has 12 heteroatoms. The molecular weight excluding hydrogens is 588 g/mol. The summed E-state index contributed by atoms with van der Waals surface area (Å²) >= 11 is 3.46. The Morgan fingerprint density at radius 1 is 0.791 bits per heavy atom. The van der Waals surface area contributed by atoms with Crippen molar-refractivity contribution in [2.45, 2.75) is 18.7 Å². The van der Waals surface area contributed by atoms with Gasteiger partial charge >= 0.3 is 0 Å². The molecule has 3 aromatic carbocycles. The van der Waals surface area contributed by atoms with Crippen molar-refractivity contribution in [2.24, 2.45) is 9.98 Å². The minimum absolute atomic E-state index is 0.00219. The van der Waals surface area contributed by atoms with Crippen molar-refractivity contribution >= 4 is 59.1 Å². The summed E-state index contributed by atoms with van der Waals surface area (Å²) in [4.78, 5) is 37.7. The number of hydrogen-bond acceptors (Lipinski definition) is 10. The maximum absolute atomic E-state index is 12.8. The van der Waals surface area contributed by atoms with Gasteiger partial charge < -0.3 is 29.1 Å². The zero-order valence-corrected chi connectivity index (χ0v) is 25.3. The van der Waals surface area contributed by atoms with Gasteiger partial charge in [-0.3, -0.25) is 19.6 Å². The second-order valence-electron chi connectivity index (χ2n) is 10.1. The van der Waals surface area contributed by atoms with Crippen molar-refractivity contribution in [3.63, 3.8) is 0 Å². The van der Waals surface area contributed by atoms with E-state index in [2.05, 4.69) is 9.98 Å². The van der Waals surface area contributed by atoms with Gasteiger partial charge in [-0.2, -0.15) is 0 Å². The van der Waals surface area contributed by atoms with Crippen molar-refractivity contribution in [3.05, 3.63) is 71.3 Å². The zero-order chi connectivity index (χ0) is 29.9. The van der Waals surface area contributed by atoms with E-state index in [1.54, 1.807) is 59.9 Å². The van der Waals surface area contributed by atoms with E-state index in [9.17, 15) is 14.7 Å². The van der Waals surface area contributed by atoms with Crippen LogP contribution in [0.5, 0.6) is 23.0 Å². The molecule has 0 spiro atoms. The predicted molar refractivity (Wildman–Crippen MR) is 169 cm³/mol. The van der Waals surface area contributed by atoms with Crippen LogP contribution in [0.15, 0.2) is 64.6 Å². The van der Waals surface area contributed by atoms with Crippen LogP contribution in [-0.2, 0) is 6.61 Å². The third kappa shape index (κ3) is 5.89. The summed E-state index contributed by atoms with van der Waals surface area (Å²) in [7, 11) is 3.04. The number of benzene rings is 3. The Hall–Kier alpha value is -4.16. The third-order valence-electron chi connectivity index (χ3n) is 7.41. The normalized spacial score (nSPS) is 19.8. The lowest BCUT2D eigenvalue weighted by Crippen LogP contribution is -2.36. The average Bonchev–Trinajstić information content (AvgIpc) is 3.66. The van der Waals surface area contributed by atoms with Crippen LogP contribution in [0.3, 0.4) is 0 Å². The predicted octanol–water partition coefficient (Wildman–Crippen LogP) is 5.14. The van der Waals surface area contributed by atoms with Crippen LogP contribution in [0.1, 0.15) is 26.3 Å². The summed E-state index contributed by atoms with van der Waals surface area (Å²) < 4.78 is 16.4. The molecule has 4 aliphatic rings.